The molecule has 0 aromatic heterocycles. The smallest absolute Gasteiger partial charge is 0.303 e. The second-order valence-corrected chi connectivity index (χ2v) is 7.26. The first-order valence-electron chi connectivity index (χ1n) is 9.12. The quantitative estimate of drug-likeness (QED) is 0.353. The third kappa shape index (κ3) is 10.1. The largest absolute Gasteiger partial charge is 0.481 e. The van der Waals surface area contributed by atoms with Gasteiger partial charge in [-0.05, 0) is 37.2 Å². The summed E-state index contributed by atoms with van der Waals surface area (Å²) >= 11 is 0. The number of amidine groups is 1. The van der Waals surface area contributed by atoms with Crippen molar-refractivity contribution in [3.05, 3.63) is 23.4 Å². The van der Waals surface area contributed by atoms with Crippen LogP contribution in [0.15, 0.2) is 28.4 Å². The van der Waals surface area contributed by atoms with E-state index in [1.165, 1.54) is 0 Å². The van der Waals surface area contributed by atoms with E-state index in [9.17, 15) is 9.90 Å². The van der Waals surface area contributed by atoms with Gasteiger partial charge < -0.3 is 15.1 Å². The van der Waals surface area contributed by atoms with E-state index >= 15 is 0 Å². The van der Waals surface area contributed by atoms with Crippen molar-refractivity contribution in [2.24, 2.45) is 16.8 Å². The molecule has 0 bridgehead atoms. The summed E-state index contributed by atoms with van der Waals surface area (Å²) in [6, 6.07) is 0. The van der Waals surface area contributed by atoms with Gasteiger partial charge in [0.05, 0.1) is 6.10 Å². The van der Waals surface area contributed by atoms with Crippen molar-refractivity contribution in [1.82, 2.24) is 4.90 Å². The van der Waals surface area contributed by atoms with Crippen molar-refractivity contribution in [2.75, 3.05) is 14.1 Å². The van der Waals surface area contributed by atoms with Gasteiger partial charge in [-0.25, -0.2) is 4.99 Å². The lowest BCUT2D eigenvalue weighted by atomic mass is 9.99. The fraction of sp³-hybridized carbons (Fsp3) is 0.700. The van der Waals surface area contributed by atoms with Crippen molar-refractivity contribution < 1.29 is 15.0 Å². The third-order valence-electron chi connectivity index (χ3n) is 3.93. The normalized spacial score (nSPS) is 16.1. The number of carboxylic acids is 1. The summed E-state index contributed by atoms with van der Waals surface area (Å²) in [7, 11) is 4.01. The van der Waals surface area contributed by atoms with Gasteiger partial charge in [-0.2, -0.15) is 0 Å². The molecule has 0 radical (unpaired) electrons. The van der Waals surface area contributed by atoms with Crippen LogP contribution in [0.2, 0.25) is 0 Å². The SMILES string of the molecule is CCCC(=NC(=C(C)C=CC(O)CC(C)CC(=O)O)C(C)C)N(C)C. The molecular formula is C20H36N2O3. The van der Waals surface area contributed by atoms with E-state index in [1.807, 2.05) is 38.9 Å². The minimum Gasteiger partial charge on any atom is -0.481 e. The predicted octanol–water partition coefficient (Wildman–Crippen LogP) is 4.09. The zero-order valence-corrected chi connectivity index (χ0v) is 16.9. The number of allylic oxidation sites excluding steroid dienone is 3. The number of hydrogen-bond acceptors (Lipinski definition) is 3. The fourth-order valence-electron chi connectivity index (χ4n) is 2.63. The Labute approximate surface area is 153 Å². The van der Waals surface area contributed by atoms with E-state index in [1.54, 1.807) is 6.08 Å². The van der Waals surface area contributed by atoms with Crippen molar-refractivity contribution in [3.63, 3.8) is 0 Å². The molecule has 0 heterocycles. The van der Waals surface area contributed by atoms with Crippen LogP contribution in [0.5, 0.6) is 0 Å². The number of aliphatic hydroxyl groups is 1. The van der Waals surface area contributed by atoms with Gasteiger partial charge in [0.15, 0.2) is 0 Å². The van der Waals surface area contributed by atoms with Crippen LogP contribution >= 0.6 is 0 Å². The zero-order valence-electron chi connectivity index (χ0n) is 16.9. The van der Waals surface area contributed by atoms with Crippen LogP contribution in [0.3, 0.4) is 0 Å². The predicted molar refractivity (Wildman–Crippen MR) is 105 cm³/mol. The fourth-order valence-corrected chi connectivity index (χ4v) is 2.63. The monoisotopic (exact) mass is 352 g/mol. The number of aliphatic hydroxyl groups excluding tert-OH is 1. The van der Waals surface area contributed by atoms with E-state index in [0.717, 1.165) is 29.9 Å². The Kier molecular flexibility index (Phi) is 11.1. The number of rotatable bonds is 10. The third-order valence-corrected chi connectivity index (χ3v) is 3.93. The Bertz CT molecular complexity index is 505. The highest BCUT2D eigenvalue weighted by molar-refractivity contribution is 5.82. The number of nitrogens with zero attached hydrogens (tertiary/aromatic N) is 2. The molecule has 0 saturated heterocycles. The summed E-state index contributed by atoms with van der Waals surface area (Å²) < 4.78 is 0. The van der Waals surface area contributed by atoms with Gasteiger partial charge in [-0.3, -0.25) is 4.79 Å². The van der Waals surface area contributed by atoms with Gasteiger partial charge in [-0.15, -0.1) is 0 Å². The Hall–Kier alpha value is -1.62. The molecule has 0 rings (SSSR count). The Morgan fingerprint density at radius 1 is 1.24 bits per heavy atom. The number of aliphatic imine (C=N–C) groups is 1. The second kappa shape index (κ2) is 11.9. The summed E-state index contributed by atoms with van der Waals surface area (Å²) in [6.45, 7) is 10.2. The van der Waals surface area contributed by atoms with Crippen molar-refractivity contribution in [3.8, 4) is 0 Å². The minimum absolute atomic E-state index is 0.0612. The van der Waals surface area contributed by atoms with Crippen LogP contribution in [-0.2, 0) is 4.79 Å². The maximum absolute atomic E-state index is 10.7. The number of aliphatic carboxylic acids is 1. The van der Waals surface area contributed by atoms with Crippen LogP contribution in [-0.4, -0.2) is 47.1 Å². The molecule has 2 unspecified atom stereocenters. The highest BCUT2D eigenvalue weighted by atomic mass is 16.4. The van der Waals surface area contributed by atoms with Gasteiger partial charge in [0.1, 0.15) is 5.84 Å². The summed E-state index contributed by atoms with van der Waals surface area (Å²) in [5.41, 5.74) is 2.04. The highest BCUT2D eigenvalue weighted by Crippen LogP contribution is 2.20. The molecule has 0 spiro atoms. The molecule has 2 N–H and O–H groups in total. The highest BCUT2D eigenvalue weighted by Gasteiger charge is 2.12. The van der Waals surface area contributed by atoms with Gasteiger partial charge in [0.25, 0.3) is 0 Å². The van der Waals surface area contributed by atoms with Crippen LogP contribution < -0.4 is 0 Å². The number of carboxylic acid groups (broad SMARTS) is 1. The number of hydrogen-bond donors (Lipinski definition) is 2. The van der Waals surface area contributed by atoms with Gasteiger partial charge in [-0.1, -0.05) is 39.8 Å². The molecule has 144 valence electrons. The molecule has 0 aliphatic rings. The maximum Gasteiger partial charge on any atom is 0.303 e. The Morgan fingerprint density at radius 2 is 1.84 bits per heavy atom. The topological polar surface area (TPSA) is 73.1 Å². The van der Waals surface area contributed by atoms with Crippen molar-refractivity contribution >= 4 is 11.8 Å². The standard InChI is InChI=1S/C20H36N2O3/c1-8-9-18(22(6)7)21-20(14(2)3)16(5)10-11-17(23)12-15(4)13-19(24)25/h10-11,14-15,17,23H,8-9,12-13H2,1-7H3,(H,24,25). The molecular weight excluding hydrogens is 316 g/mol. The van der Waals surface area contributed by atoms with Crippen LogP contribution in [0.4, 0.5) is 0 Å². The molecule has 5 heteroatoms. The molecule has 5 nitrogen and oxygen atoms in total. The number of carbonyl (C=O) groups is 1. The van der Waals surface area contributed by atoms with Gasteiger partial charge >= 0.3 is 5.97 Å². The first kappa shape index (κ1) is 23.4. The van der Waals surface area contributed by atoms with Gasteiger partial charge in [0.2, 0.25) is 0 Å². The maximum atomic E-state index is 10.7. The van der Waals surface area contributed by atoms with Crippen LogP contribution in [0.25, 0.3) is 0 Å². The second-order valence-electron chi connectivity index (χ2n) is 7.26. The Balaban J connectivity index is 5.25. The van der Waals surface area contributed by atoms with E-state index in [4.69, 9.17) is 10.1 Å². The summed E-state index contributed by atoms with van der Waals surface area (Å²) in [6.07, 6.45) is 5.47. The van der Waals surface area contributed by atoms with E-state index in [0.29, 0.717) is 6.42 Å². The first-order chi connectivity index (χ1) is 11.6. The molecule has 0 aliphatic carbocycles. The molecule has 0 aliphatic heterocycles. The molecule has 0 aromatic carbocycles. The molecule has 2 atom stereocenters. The summed E-state index contributed by atoms with van der Waals surface area (Å²) in [4.78, 5) is 17.6. The average Bonchev–Trinajstić information content (AvgIpc) is 2.47. The van der Waals surface area contributed by atoms with Gasteiger partial charge in [0, 0.05) is 32.6 Å². The average molecular weight is 353 g/mol. The van der Waals surface area contributed by atoms with Crippen LogP contribution in [0, 0.1) is 11.8 Å². The lowest BCUT2D eigenvalue weighted by Gasteiger charge is -2.18. The van der Waals surface area contributed by atoms with E-state index in [2.05, 4.69) is 20.8 Å². The molecule has 0 fully saturated rings. The molecule has 25 heavy (non-hydrogen) atoms. The lowest BCUT2D eigenvalue weighted by molar-refractivity contribution is -0.138. The molecule has 0 aromatic rings. The summed E-state index contributed by atoms with van der Waals surface area (Å²) in [5.74, 6) is 0.436. The zero-order chi connectivity index (χ0) is 19.6. The van der Waals surface area contributed by atoms with Crippen LogP contribution in [0.1, 0.15) is 60.3 Å². The molecule has 0 saturated carbocycles. The summed E-state index contributed by atoms with van der Waals surface area (Å²) in [5, 5.41) is 18.9. The van der Waals surface area contributed by atoms with Crippen molar-refractivity contribution in [2.45, 2.75) is 66.4 Å². The minimum atomic E-state index is -0.830. The first-order valence-corrected chi connectivity index (χ1v) is 9.12. The molecule has 0 amide bonds. The van der Waals surface area contributed by atoms with E-state index < -0.39 is 12.1 Å². The Morgan fingerprint density at radius 3 is 2.28 bits per heavy atom. The van der Waals surface area contributed by atoms with E-state index in [-0.39, 0.29) is 18.3 Å². The van der Waals surface area contributed by atoms with Crippen molar-refractivity contribution in [1.29, 1.82) is 0 Å². The lowest BCUT2D eigenvalue weighted by Crippen LogP contribution is -2.22.